The van der Waals surface area contributed by atoms with Crippen LogP contribution < -0.4 is 0 Å². The molecule has 4 nitrogen and oxygen atoms in total. The van der Waals surface area contributed by atoms with Gasteiger partial charge in [-0.25, -0.2) is 0 Å². The first-order valence-corrected chi connectivity index (χ1v) is 12.7. The fraction of sp³-hybridized carbons (Fsp3) is 0.852. The Hall–Kier alpha value is -1.32. The molecule has 0 fully saturated rings. The second-order valence-corrected chi connectivity index (χ2v) is 10.1. The molecule has 182 valence electrons. The first-order chi connectivity index (χ1) is 14.6. The molecule has 0 aliphatic heterocycles. The van der Waals surface area contributed by atoms with Crippen molar-refractivity contribution in [3.63, 3.8) is 0 Å². The van der Waals surface area contributed by atoms with Crippen LogP contribution in [0.4, 0.5) is 0 Å². The van der Waals surface area contributed by atoms with Gasteiger partial charge in [0.25, 0.3) is 0 Å². The lowest BCUT2D eigenvalue weighted by Crippen LogP contribution is -2.16. The Morgan fingerprint density at radius 3 is 1.87 bits per heavy atom. The van der Waals surface area contributed by atoms with Crippen molar-refractivity contribution in [2.75, 3.05) is 0 Å². The molecule has 0 bridgehead atoms. The predicted octanol–water partition coefficient (Wildman–Crippen LogP) is 7.95. The van der Waals surface area contributed by atoms with E-state index in [1.54, 1.807) is 0 Å². The molecule has 0 spiro atoms. The molecule has 0 aromatic carbocycles. The Labute approximate surface area is 192 Å². The van der Waals surface area contributed by atoms with Crippen LogP contribution in [0.25, 0.3) is 0 Å². The average Bonchev–Trinajstić information content (AvgIpc) is 2.66. The molecular formula is C27H50O4. The highest BCUT2D eigenvalue weighted by atomic mass is 16.5. The van der Waals surface area contributed by atoms with Gasteiger partial charge in [-0.15, -0.1) is 0 Å². The molecule has 31 heavy (non-hydrogen) atoms. The third-order valence-corrected chi connectivity index (χ3v) is 6.07. The summed E-state index contributed by atoms with van der Waals surface area (Å²) < 4.78 is 5.49. The van der Waals surface area contributed by atoms with E-state index in [1.807, 2.05) is 6.92 Å². The molecule has 1 N–H and O–H groups in total. The lowest BCUT2D eigenvalue weighted by atomic mass is 9.91. The SMILES string of the molecule is CCC(C=C(C)CCC[C@H](C)CCC[C@H](C)CCCC(C)C)OC(=O)CCCC(=O)O. The maximum absolute atomic E-state index is 11.9. The smallest absolute Gasteiger partial charge is 0.306 e. The molecule has 3 atom stereocenters. The molecule has 0 saturated carbocycles. The first kappa shape index (κ1) is 29.7. The summed E-state index contributed by atoms with van der Waals surface area (Å²) in [5.41, 5.74) is 1.27. The number of allylic oxidation sites excluding steroid dienone is 1. The molecule has 0 saturated heterocycles. The highest BCUT2D eigenvalue weighted by Crippen LogP contribution is 2.22. The third-order valence-electron chi connectivity index (χ3n) is 6.07. The van der Waals surface area contributed by atoms with Crippen LogP contribution in [0.1, 0.15) is 125 Å². The zero-order valence-electron chi connectivity index (χ0n) is 21.3. The third kappa shape index (κ3) is 19.1. The topological polar surface area (TPSA) is 63.6 Å². The zero-order valence-corrected chi connectivity index (χ0v) is 21.3. The zero-order chi connectivity index (χ0) is 23.6. The van der Waals surface area contributed by atoms with Gasteiger partial charge in [0, 0.05) is 12.8 Å². The molecule has 0 aliphatic carbocycles. The fourth-order valence-electron chi connectivity index (χ4n) is 3.95. The van der Waals surface area contributed by atoms with Crippen LogP contribution in [-0.2, 0) is 14.3 Å². The number of esters is 1. The van der Waals surface area contributed by atoms with Crippen LogP contribution in [-0.4, -0.2) is 23.1 Å². The van der Waals surface area contributed by atoms with Gasteiger partial charge in [-0.3, -0.25) is 9.59 Å². The number of carboxylic acids is 1. The number of rotatable bonds is 19. The van der Waals surface area contributed by atoms with Gasteiger partial charge < -0.3 is 9.84 Å². The van der Waals surface area contributed by atoms with E-state index in [1.165, 1.54) is 56.9 Å². The second-order valence-electron chi connectivity index (χ2n) is 10.1. The maximum atomic E-state index is 11.9. The summed E-state index contributed by atoms with van der Waals surface area (Å²) in [4.78, 5) is 22.4. The number of carbonyl (C=O) groups is 2. The quantitative estimate of drug-likeness (QED) is 0.164. The summed E-state index contributed by atoms with van der Waals surface area (Å²) in [7, 11) is 0. The largest absolute Gasteiger partial charge is 0.481 e. The summed E-state index contributed by atoms with van der Waals surface area (Å²) >= 11 is 0. The van der Waals surface area contributed by atoms with E-state index >= 15 is 0 Å². The van der Waals surface area contributed by atoms with Crippen LogP contribution in [0.15, 0.2) is 11.6 Å². The van der Waals surface area contributed by atoms with Crippen molar-refractivity contribution in [2.45, 2.75) is 131 Å². The molecule has 0 aromatic rings. The molecule has 1 unspecified atom stereocenters. The minimum absolute atomic E-state index is 0.00991. The maximum Gasteiger partial charge on any atom is 0.306 e. The van der Waals surface area contributed by atoms with E-state index in [0.717, 1.165) is 30.6 Å². The van der Waals surface area contributed by atoms with E-state index in [0.29, 0.717) is 6.42 Å². The van der Waals surface area contributed by atoms with Crippen molar-refractivity contribution in [3.8, 4) is 0 Å². The Morgan fingerprint density at radius 1 is 0.806 bits per heavy atom. The number of carboxylic acid groups (broad SMARTS) is 1. The van der Waals surface area contributed by atoms with Crippen molar-refractivity contribution >= 4 is 11.9 Å². The molecule has 4 heteroatoms. The summed E-state index contributed by atoms with van der Waals surface area (Å²) in [5.74, 6) is 1.28. The normalized spacial score (nSPS) is 15.0. The van der Waals surface area contributed by atoms with Crippen molar-refractivity contribution in [3.05, 3.63) is 11.6 Å². The summed E-state index contributed by atoms with van der Waals surface area (Å²) in [6.07, 6.45) is 14.7. The van der Waals surface area contributed by atoms with E-state index in [4.69, 9.17) is 9.84 Å². The lowest BCUT2D eigenvalue weighted by molar-refractivity contribution is -0.147. The second kappa shape index (κ2) is 18.3. The monoisotopic (exact) mass is 438 g/mol. The van der Waals surface area contributed by atoms with Crippen molar-refractivity contribution in [1.82, 2.24) is 0 Å². The van der Waals surface area contributed by atoms with E-state index in [2.05, 4.69) is 40.7 Å². The van der Waals surface area contributed by atoms with Crippen molar-refractivity contribution < 1.29 is 19.4 Å². The molecule has 0 radical (unpaired) electrons. The van der Waals surface area contributed by atoms with Gasteiger partial charge in [0.1, 0.15) is 6.10 Å². The standard InChI is InChI=1S/C27H50O4/c1-7-25(31-27(30)19-11-18-26(28)29)20-24(6)17-10-16-23(5)15-9-14-22(4)13-8-12-21(2)3/h20-23,25H,7-19H2,1-6H3,(H,28,29)/t22-,23-,25?/m1/s1. The Morgan fingerprint density at radius 2 is 1.35 bits per heavy atom. The molecule has 0 rings (SSSR count). The van der Waals surface area contributed by atoms with Gasteiger partial charge >= 0.3 is 11.9 Å². The summed E-state index contributed by atoms with van der Waals surface area (Å²) in [6.45, 7) is 13.5. The summed E-state index contributed by atoms with van der Waals surface area (Å²) in [6, 6.07) is 0. The Bertz CT molecular complexity index is 509. The van der Waals surface area contributed by atoms with Crippen LogP contribution in [0, 0.1) is 17.8 Å². The van der Waals surface area contributed by atoms with Crippen molar-refractivity contribution in [2.24, 2.45) is 17.8 Å². The van der Waals surface area contributed by atoms with Gasteiger partial charge in [0.05, 0.1) is 0 Å². The van der Waals surface area contributed by atoms with E-state index in [-0.39, 0.29) is 24.9 Å². The minimum atomic E-state index is -0.874. The van der Waals surface area contributed by atoms with Gasteiger partial charge in [-0.2, -0.15) is 0 Å². The Balaban J connectivity index is 4.01. The van der Waals surface area contributed by atoms with Gasteiger partial charge in [-0.1, -0.05) is 85.1 Å². The number of carbonyl (C=O) groups excluding carboxylic acids is 1. The van der Waals surface area contributed by atoms with Crippen LogP contribution in [0.2, 0.25) is 0 Å². The molecule has 0 amide bonds. The number of aliphatic carboxylic acids is 1. The number of ether oxygens (including phenoxy) is 1. The van der Waals surface area contributed by atoms with Crippen molar-refractivity contribution in [1.29, 1.82) is 0 Å². The molecule has 0 heterocycles. The number of hydrogen-bond donors (Lipinski definition) is 1. The lowest BCUT2D eigenvalue weighted by Gasteiger charge is -2.16. The van der Waals surface area contributed by atoms with E-state index < -0.39 is 5.97 Å². The van der Waals surface area contributed by atoms with Gasteiger partial charge in [-0.05, 0) is 56.4 Å². The van der Waals surface area contributed by atoms with Crippen LogP contribution in [0.3, 0.4) is 0 Å². The highest BCUT2D eigenvalue weighted by molar-refractivity contribution is 5.71. The highest BCUT2D eigenvalue weighted by Gasteiger charge is 2.12. The number of hydrogen-bond acceptors (Lipinski definition) is 3. The summed E-state index contributed by atoms with van der Waals surface area (Å²) in [5, 5.41) is 8.65. The van der Waals surface area contributed by atoms with Gasteiger partial charge in [0.15, 0.2) is 0 Å². The minimum Gasteiger partial charge on any atom is -0.481 e. The van der Waals surface area contributed by atoms with Crippen LogP contribution >= 0.6 is 0 Å². The average molecular weight is 439 g/mol. The molecule has 0 aliphatic rings. The van der Waals surface area contributed by atoms with Crippen LogP contribution in [0.5, 0.6) is 0 Å². The molecular weight excluding hydrogens is 388 g/mol. The van der Waals surface area contributed by atoms with Gasteiger partial charge in [0.2, 0.25) is 0 Å². The Kier molecular flexibility index (Phi) is 17.5. The molecule has 0 aromatic heterocycles. The fourth-order valence-corrected chi connectivity index (χ4v) is 3.95. The van der Waals surface area contributed by atoms with E-state index in [9.17, 15) is 9.59 Å². The first-order valence-electron chi connectivity index (χ1n) is 12.7. The predicted molar refractivity (Wildman–Crippen MR) is 130 cm³/mol.